The molecule has 0 bridgehead atoms. The lowest BCUT2D eigenvalue weighted by Gasteiger charge is -2.31. The van der Waals surface area contributed by atoms with Crippen LogP contribution in [0.4, 0.5) is 5.69 Å². The topological polar surface area (TPSA) is 29.3 Å². The van der Waals surface area contributed by atoms with Crippen molar-refractivity contribution in [2.45, 2.75) is 26.2 Å². The molecule has 0 amide bonds. The van der Waals surface area contributed by atoms with Crippen molar-refractivity contribution >= 4 is 22.9 Å². The molecule has 1 aliphatic heterocycles. The monoisotopic (exact) mass is 234 g/mol. The second-order valence-electron chi connectivity index (χ2n) is 4.38. The van der Waals surface area contributed by atoms with Gasteiger partial charge >= 0.3 is 0 Å². The molecule has 86 valence electrons. The minimum absolute atomic E-state index is 0.504. The quantitative estimate of drug-likeness (QED) is 0.798. The van der Waals surface area contributed by atoms with E-state index in [1.165, 1.54) is 30.5 Å². The molecule has 2 nitrogen and oxygen atoms in total. The maximum Gasteiger partial charge on any atom is 0.106 e. The van der Waals surface area contributed by atoms with E-state index in [9.17, 15) is 0 Å². The average Bonchev–Trinajstić information content (AvgIpc) is 2.29. The lowest BCUT2D eigenvalue weighted by molar-refractivity contribution is 0.577. The molecule has 1 aromatic carbocycles. The van der Waals surface area contributed by atoms with Crippen LogP contribution in [0.2, 0.25) is 0 Å². The zero-order chi connectivity index (χ0) is 11.5. The van der Waals surface area contributed by atoms with Gasteiger partial charge in [0.05, 0.1) is 0 Å². The predicted molar refractivity (Wildman–Crippen MR) is 73.1 cm³/mol. The molecule has 0 aliphatic carbocycles. The normalized spacial score (nSPS) is 16.2. The van der Waals surface area contributed by atoms with Gasteiger partial charge in [0.25, 0.3) is 0 Å². The third-order valence-electron chi connectivity index (χ3n) is 3.18. The Bertz CT molecular complexity index is 395. The lowest BCUT2D eigenvalue weighted by Crippen LogP contribution is -2.32. The van der Waals surface area contributed by atoms with E-state index in [2.05, 4.69) is 17.9 Å². The molecule has 2 rings (SSSR count). The Morgan fingerprint density at radius 2 is 1.94 bits per heavy atom. The number of benzene rings is 1. The standard InChI is InChI=1S/C13H18N2S/c1-10-6-5-7-11(13(14)16)12(10)15-8-3-2-4-9-15/h5-7H,2-4,8-9H2,1H3,(H2,14,16). The number of nitrogens with two attached hydrogens (primary N) is 1. The van der Waals surface area contributed by atoms with E-state index < -0.39 is 0 Å². The number of anilines is 1. The van der Waals surface area contributed by atoms with E-state index in [4.69, 9.17) is 18.0 Å². The molecule has 0 unspecified atom stereocenters. The Balaban J connectivity index is 2.40. The summed E-state index contributed by atoms with van der Waals surface area (Å²) in [6.07, 6.45) is 3.88. The van der Waals surface area contributed by atoms with Crippen LogP contribution in [0.25, 0.3) is 0 Å². The molecule has 1 saturated heterocycles. The van der Waals surface area contributed by atoms with Crippen LogP contribution in [-0.4, -0.2) is 18.1 Å². The van der Waals surface area contributed by atoms with Crippen molar-refractivity contribution in [1.82, 2.24) is 0 Å². The van der Waals surface area contributed by atoms with Gasteiger partial charge in [-0.3, -0.25) is 0 Å². The highest BCUT2D eigenvalue weighted by molar-refractivity contribution is 7.80. The lowest BCUT2D eigenvalue weighted by atomic mass is 10.0. The Morgan fingerprint density at radius 1 is 1.25 bits per heavy atom. The molecule has 16 heavy (non-hydrogen) atoms. The van der Waals surface area contributed by atoms with Crippen molar-refractivity contribution in [2.24, 2.45) is 5.73 Å². The summed E-state index contributed by atoms with van der Waals surface area (Å²) in [5.41, 5.74) is 9.34. The number of aryl methyl sites for hydroxylation is 1. The van der Waals surface area contributed by atoms with Gasteiger partial charge in [0.1, 0.15) is 4.99 Å². The van der Waals surface area contributed by atoms with Gasteiger partial charge in [-0.15, -0.1) is 0 Å². The van der Waals surface area contributed by atoms with E-state index in [0.717, 1.165) is 18.7 Å². The van der Waals surface area contributed by atoms with E-state index in [1.807, 2.05) is 12.1 Å². The first-order chi connectivity index (χ1) is 7.70. The molecule has 1 heterocycles. The van der Waals surface area contributed by atoms with Gasteiger partial charge in [-0.05, 0) is 37.8 Å². The summed E-state index contributed by atoms with van der Waals surface area (Å²) >= 11 is 5.13. The molecule has 0 aromatic heterocycles. The SMILES string of the molecule is Cc1cccc(C(N)=S)c1N1CCCCC1. The number of hydrogen-bond donors (Lipinski definition) is 1. The summed E-state index contributed by atoms with van der Waals surface area (Å²) in [4.78, 5) is 2.93. The summed E-state index contributed by atoms with van der Waals surface area (Å²) in [5, 5.41) is 0. The van der Waals surface area contributed by atoms with Crippen molar-refractivity contribution in [3.8, 4) is 0 Å². The Kier molecular flexibility index (Phi) is 3.44. The van der Waals surface area contributed by atoms with Gasteiger partial charge in [-0.25, -0.2) is 0 Å². The molecule has 1 aromatic rings. The van der Waals surface area contributed by atoms with Crippen LogP contribution in [0.15, 0.2) is 18.2 Å². The van der Waals surface area contributed by atoms with E-state index in [1.54, 1.807) is 0 Å². The maximum absolute atomic E-state index is 5.79. The average molecular weight is 234 g/mol. The van der Waals surface area contributed by atoms with Gasteiger partial charge in [-0.1, -0.05) is 24.4 Å². The van der Waals surface area contributed by atoms with Gasteiger partial charge in [0.15, 0.2) is 0 Å². The number of nitrogens with zero attached hydrogens (tertiary/aromatic N) is 1. The molecule has 0 radical (unpaired) electrons. The van der Waals surface area contributed by atoms with Gasteiger partial charge < -0.3 is 10.6 Å². The third-order valence-corrected chi connectivity index (χ3v) is 3.40. The molecule has 0 spiro atoms. The highest BCUT2D eigenvalue weighted by Crippen LogP contribution is 2.27. The number of piperidine rings is 1. The first kappa shape index (κ1) is 11.4. The highest BCUT2D eigenvalue weighted by Gasteiger charge is 2.17. The molecule has 2 N–H and O–H groups in total. The molecule has 1 fully saturated rings. The van der Waals surface area contributed by atoms with E-state index in [-0.39, 0.29) is 0 Å². The fourth-order valence-corrected chi connectivity index (χ4v) is 2.56. The summed E-state index contributed by atoms with van der Waals surface area (Å²) in [5.74, 6) is 0. The molecule has 1 aliphatic rings. The highest BCUT2D eigenvalue weighted by atomic mass is 32.1. The molecule has 3 heteroatoms. The second-order valence-corrected chi connectivity index (χ2v) is 4.82. The van der Waals surface area contributed by atoms with Crippen molar-refractivity contribution in [3.05, 3.63) is 29.3 Å². The summed E-state index contributed by atoms with van der Waals surface area (Å²) in [7, 11) is 0. The summed E-state index contributed by atoms with van der Waals surface area (Å²) in [6.45, 7) is 4.38. The van der Waals surface area contributed by atoms with Crippen LogP contribution in [0.3, 0.4) is 0 Å². The first-order valence-corrected chi connectivity index (χ1v) is 6.25. The fourth-order valence-electron chi connectivity index (χ4n) is 2.40. The van der Waals surface area contributed by atoms with E-state index in [0.29, 0.717) is 4.99 Å². The smallest absolute Gasteiger partial charge is 0.106 e. The minimum atomic E-state index is 0.504. The zero-order valence-electron chi connectivity index (χ0n) is 9.70. The minimum Gasteiger partial charge on any atom is -0.389 e. The van der Waals surface area contributed by atoms with Crippen molar-refractivity contribution < 1.29 is 0 Å². The van der Waals surface area contributed by atoms with Gasteiger partial charge in [0.2, 0.25) is 0 Å². The molecular formula is C13H18N2S. The van der Waals surface area contributed by atoms with E-state index >= 15 is 0 Å². The van der Waals surface area contributed by atoms with Crippen LogP contribution in [0.5, 0.6) is 0 Å². The Hall–Kier alpha value is -1.09. The van der Waals surface area contributed by atoms with Crippen LogP contribution in [0.1, 0.15) is 30.4 Å². The number of para-hydroxylation sites is 1. The van der Waals surface area contributed by atoms with Crippen LogP contribution in [0, 0.1) is 6.92 Å². The molecule has 0 atom stereocenters. The van der Waals surface area contributed by atoms with Crippen molar-refractivity contribution in [2.75, 3.05) is 18.0 Å². The van der Waals surface area contributed by atoms with Crippen LogP contribution in [-0.2, 0) is 0 Å². The van der Waals surface area contributed by atoms with Gasteiger partial charge in [-0.2, -0.15) is 0 Å². The largest absolute Gasteiger partial charge is 0.389 e. The zero-order valence-corrected chi connectivity index (χ0v) is 10.5. The third kappa shape index (κ3) is 2.19. The first-order valence-electron chi connectivity index (χ1n) is 5.84. The summed E-state index contributed by atoms with van der Waals surface area (Å²) < 4.78 is 0. The summed E-state index contributed by atoms with van der Waals surface area (Å²) in [6, 6.07) is 6.18. The number of rotatable bonds is 2. The van der Waals surface area contributed by atoms with Crippen molar-refractivity contribution in [3.63, 3.8) is 0 Å². The second kappa shape index (κ2) is 4.83. The van der Waals surface area contributed by atoms with Gasteiger partial charge in [0, 0.05) is 24.3 Å². The molecular weight excluding hydrogens is 216 g/mol. The number of hydrogen-bond acceptors (Lipinski definition) is 2. The van der Waals surface area contributed by atoms with Crippen LogP contribution < -0.4 is 10.6 Å². The maximum atomic E-state index is 5.79. The molecule has 0 saturated carbocycles. The Labute approximate surface area is 102 Å². The fraction of sp³-hybridized carbons (Fsp3) is 0.462. The van der Waals surface area contributed by atoms with Crippen molar-refractivity contribution in [1.29, 1.82) is 0 Å². The Morgan fingerprint density at radius 3 is 2.56 bits per heavy atom. The van der Waals surface area contributed by atoms with Crippen LogP contribution >= 0.6 is 12.2 Å². The predicted octanol–water partition coefficient (Wildman–Crippen LogP) is 2.62. The number of thiocarbonyl (C=S) groups is 1.